The Labute approximate surface area is 735 Å². The molecule has 0 amide bonds. The molecule has 0 fully saturated rings. The molecule has 5 radical (unpaired) electrons. The van der Waals surface area contributed by atoms with E-state index in [1.54, 1.807) is 46.6 Å². The van der Waals surface area contributed by atoms with Gasteiger partial charge in [0.05, 0.1) is 29.1 Å². The van der Waals surface area contributed by atoms with Crippen LogP contribution in [-0.4, -0.2) is 73.8 Å². The molecule has 0 bridgehead atoms. The smallest absolute Gasteiger partial charge is 0.320 e. The van der Waals surface area contributed by atoms with Gasteiger partial charge in [0.15, 0.2) is 0 Å². The van der Waals surface area contributed by atoms with E-state index in [0.717, 1.165) is 92.7 Å². The second-order valence-corrected chi connectivity index (χ2v) is 24.8. The Morgan fingerprint density at radius 1 is 0.282 bits per heavy atom. The fourth-order valence-corrected chi connectivity index (χ4v) is 12.0. The van der Waals surface area contributed by atoms with E-state index in [4.69, 9.17) is 0 Å². The van der Waals surface area contributed by atoms with Gasteiger partial charge < -0.3 is 22.8 Å². The van der Waals surface area contributed by atoms with Crippen molar-refractivity contribution in [3.63, 3.8) is 0 Å². The molecule has 0 unspecified atom stereocenters. The first-order valence-electron chi connectivity index (χ1n) is 34.5. The molecule has 5 aromatic heterocycles. The van der Waals surface area contributed by atoms with Crippen LogP contribution in [0.2, 0.25) is 0 Å². The maximum absolute atomic E-state index is 13.9. The van der Waals surface area contributed by atoms with Gasteiger partial charge >= 0.3 is 6.18 Å². The van der Waals surface area contributed by atoms with Crippen molar-refractivity contribution in [1.29, 1.82) is 0 Å². The first kappa shape index (κ1) is 91.5. The molecule has 117 heavy (non-hydrogen) atoms. The van der Waals surface area contributed by atoms with Gasteiger partial charge in [0.2, 0.25) is 0 Å². The van der Waals surface area contributed by atoms with Crippen molar-refractivity contribution in [2.75, 3.05) is 0 Å². The molecule has 601 valence electrons. The predicted octanol–water partition coefficient (Wildman–Crippen LogP) is 20.4. The predicted molar refractivity (Wildman–Crippen MR) is 407 cm³/mol. The molecule has 0 aliphatic carbocycles. The fraction of sp³-hybridized carbons (Fsp3) is 0.0682. The molecule has 12 aromatic carbocycles. The molecule has 17 rings (SSSR count). The average molecular weight is 2460 g/mol. The van der Waals surface area contributed by atoms with Crippen LogP contribution in [-0.2, 0) is 107 Å². The molecule has 0 spiro atoms. The molecule has 0 atom stereocenters. The number of aromatic nitrogens is 15. The summed E-state index contributed by atoms with van der Waals surface area (Å²) in [4.78, 5) is 0. The first-order chi connectivity index (χ1) is 54.2. The summed E-state index contributed by atoms with van der Waals surface area (Å²) in [6, 6.07) is 94.2. The van der Waals surface area contributed by atoms with Crippen LogP contribution < -0.4 is 0 Å². The van der Waals surface area contributed by atoms with Crippen molar-refractivity contribution in [3.8, 4) is 108 Å². The summed E-state index contributed by atoms with van der Waals surface area (Å²) in [5.74, 6) is 2.34. The minimum atomic E-state index is -4.38. The first-order valence-corrected chi connectivity index (χ1v) is 34.5. The van der Waals surface area contributed by atoms with Gasteiger partial charge in [0.1, 0.15) is 29.1 Å². The molecule has 0 aliphatic heterocycles. The van der Waals surface area contributed by atoms with Crippen molar-refractivity contribution in [2.24, 2.45) is 0 Å². The van der Waals surface area contributed by atoms with Gasteiger partial charge in [-0.2, -0.15) is 38.7 Å². The van der Waals surface area contributed by atoms with E-state index in [9.17, 15) is 39.5 Å². The summed E-state index contributed by atoms with van der Waals surface area (Å²) in [5, 5.41) is 40.9. The molecule has 29 heteroatoms. The minimum Gasteiger partial charge on any atom is -0.320 e. The molecule has 0 N–H and O–H groups in total. The second kappa shape index (κ2) is 42.2. The summed E-state index contributed by atoms with van der Waals surface area (Å²) in [7, 11) is 0. The van der Waals surface area contributed by atoms with E-state index in [2.05, 4.69) is 124 Å². The third-order valence-electron chi connectivity index (χ3n) is 17.1. The number of rotatable bonds is 12. The van der Waals surface area contributed by atoms with Crippen LogP contribution in [0.25, 0.3) is 108 Å². The van der Waals surface area contributed by atoms with E-state index in [1.165, 1.54) is 36.4 Å². The van der Waals surface area contributed by atoms with Crippen LogP contribution in [0.5, 0.6) is 0 Å². The SMILES string of the molecule is Cc1nnc(-c2[c-]c(F)cc(F)c2)n1-c1ccccc1.Cc1nnc(-c2[c-]cc(C(F)(F)F)cc2)n1-c1ccccc1.Cc1nnc(-c2[c-]cc(F)cc2)n1-c1cccc(-c2ccccc2)c1.Cc1nnc(-c2[c-]cc(F)cc2)n1-c1ccccc1-c1ccccc1.Cc1nnc(-c2[c-]cc(F)cc2F)n1-c1ccccc1.[Ir].[Ir].[Ir].[Ir].[Ir]. The summed E-state index contributed by atoms with van der Waals surface area (Å²) in [5.41, 5.74) is 10.3. The Morgan fingerprint density at radius 3 is 1.09 bits per heavy atom. The average Bonchev–Trinajstić information content (AvgIpc) is 1.69. The third-order valence-corrected chi connectivity index (χ3v) is 17.1. The Balaban J connectivity index is 0.000000181. The summed E-state index contributed by atoms with van der Waals surface area (Å²) >= 11 is 0. The van der Waals surface area contributed by atoms with Crippen molar-refractivity contribution in [3.05, 3.63) is 379 Å². The van der Waals surface area contributed by atoms with E-state index in [1.807, 2.05) is 181 Å². The van der Waals surface area contributed by atoms with E-state index < -0.39 is 35.0 Å². The molecule has 15 nitrogen and oxygen atoms in total. The maximum Gasteiger partial charge on any atom is 0.381 e. The molecular formula is C88H61F9Ir5N15-5. The number of hydrogen-bond donors (Lipinski definition) is 0. The Kier molecular flexibility index (Phi) is 33.0. The molecule has 5 heterocycles. The number of benzene rings is 12. The zero-order valence-electron chi connectivity index (χ0n) is 61.8. The van der Waals surface area contributed by atoms with Gasteiger partial charge in [-0.25, -0.2) is 8.78 Å². The molecule has 0 saturated heterocycles. The van der Waals surface area contributed by atoms with Gasteiger partial charge in [-0.1, -0.05) is 163 Å². The number of alkyl halides is 3. The van der Waals surface area contributed by atoms with Gasteiger partial charge in [-0.3, -0.25) is 17.6 Å². The van der Waals surface area contributed by atoms with Crippen LogP contribution in [0, 0.1) is 99.9 Å². The monoisotopic (exact) mass is 2460 g/mol. The quantitative estimate of drug-likeness (QED) is 0.0853. The Hall–Kier alpha value is -11.0. The second-order valence-electron chi connectivity index (χ2n) is 24.8. The van der Waals surface area contributed by atoms with Crippen LogP contribution in [0.1, 0.15) is 34.7 Å². The van der Waals surface area contributed by atoms with E-state index in [-0.39, 0.29) is 123 Å². The topological polar surface area (TPSA) is 154 Å². The number of halogens is 9. The third kappa shape index (κ3) is 22.2. The summed E-state index contributed by atoms with van der Waals surface area (Å²) in [6.45, 7) is 9.13. The van der Waals surface area contributed by atoms with Crippen molar-refractivity contribution in [1.82, 2.24) is 73.8 Å². The van der Waals surface area contributed by atoms with Gasteiger partial charge in [-0.15, -0.1) is 145 Å². The standard InChI is InChI=1S/2C21H15FN3.C16H11F3N3.2C15H10F2N3.5Ir/c1-15-23-24-21(17-11-13-18(22)14-12-17)25(15)20-10-6-5-9-19(20)16-7-3-2-4-8-16;1-15-23-24-21(17-10-12-19(22)13-11-17)25(15)20-9-5-8-18(14-20)16-6-3-2-4-7-16;1-11-20-21-15(22(11)14-5-3-2-4-6-14)12-7-9-13(10-8-12)16(17,18)19;1-10-18-19-15(11-7-12(16)9-13(17)8-11)20(10)14-5-3-2-4-6-14;1-10-18-19-15(13-8-7-11(16)9-14(13)17)20(10)12-5-3-2-4-6-12;;;;;/h2-11,13-14H,1H3;2-10,12-14H,1H3;2-7,9-10H,1H3;2*2-7,9H,1H3;;;;;/q5*-1;;;;;. The van der Waals surface area contributed by atoms with Crippen molar-refractivity contribution in [2.45, 2.75) is 40.8 Å². The molecule has 17 aromatic rings. The van der Waals surface area contributed by atoms with Gasteiger partial charge in [-0.05, 0) is 111 Å². The Bertz CT molecular complexity index is 6000. The number of nitrogens with zero attached hydrogens (tertiary/aromatic N) is 15. The van der Waals surface area contributed by atoms with Crippen molar-refractivity contribution < 1.29 is 140 Å². The van der Waals surface area contributed by atoms with Crippen molar-refractivity contribution >= 4 is 0 Å². The van der Waals surface area contributed by atoms with Gasteiger partial charge in [0.25, 0.3) is 0 Å². The fourth-order valence-electron chi connectivity index (χ4n) is 12.0. The zero-order valence-corrected chi connectivity index (χ0v) is 73.8. The zero-order chi connectivity index (χ0) is 78.4. The normalized spacial score (nSPS) is 10.5. The van der Waals surface area contributed by atoms with Crippen LogP contribution in [0.4, 0.5) is 39.5 Å². The molecular weight excluding hydrogens is 2400 g/mol. The number of hydrogen-bond acceptors (Lipinski definition) is 10. The molecule has 0 aliphatic rings. The molecule has 0 saturated carbocycles. The van der Waals surface area contributed by atoms with Crippen LogP contribution in [0.3, 0.4) is 0 Å². The minimum absolute atomic E-state index is 0. The van der Waals surface area contributed by atoms with Crippen LogP contribution >= 0.6 is 0 Å². The summed E-state index contributed by atoms with van der Waals surface area (Å²) in [6.07, 6.45) is -4.38. The van der Waals surface area contributed by atoms with E-state index >= 15 is 0 Å². The van der Waals surface area contributed by atoms with Crippen LogP contribution in [0.15, 0.2) is 279 Å². The summed E-state index contributed by atoms with van der Waals surface area (Å²) < 4.78 is 127. The largest absolute Gasteiger partial charge is 0.381 e. The van der Waals surface area contributed by atoms with E-state index in [0.29, 0.717) is 63.3 Å². The van der Waals surface area contributed by atoms with Gasteiger partial charge in [0, 0.05) is 169 Å². The maximum atomic E-state index is 13.9. The number of para-hydroxylation sites is 4. The number of aryl methyl sites for hydroxylation is 5. The Morgan fingerprint density at radius 2 is 0.650 bits per heavy atom.